The Morgan fingerprint density at radius 3 is 2.88 bits per heavy atom. The third kappa shape index (κ3) is 2.68. The molecule has 1 fully saturated rings. The molecule has 2 aromatic carbocycles. The number of aromatic nitrogens is 1. The van der Waals surface area contributed by atoms with Crippen LogP contribution in [0.15, 0.2) is 48.7 Å². The van der Waals surface area contributed by atoms with E-state index in [4.69, 9.17) is 0 Å². The number of nitrogens with one attached hydrogen (secondary N) is 1. The zero-order chi connectivity index (χ0) is 17.6. The molecular formula is C19H16F2N2O2. The number of amides is 1. The predicted octanol–water partition coefficient (Wildman–Crippen LogP) is 3.39. The second-order valence-corrected chi connectivity index (χ2v) is 6.27. The van der Waals surface area contributed by atoms with Crippen LogP contribution in [-0.4, -0.2) is 33.5 Å². The highest BCUT2D eigenvalue weighted by Crippen LogP contribution is 2.36. The van der Waals surface area contributed by atoms with Crippen molar-refractivity contribution in [3.8, 4) is 0 Å². The first-order valence-electron chi connectivity index (χ1n) is 8.04. The fourth-order valence-electron chi connectivity index (χ4n) is 3.53. The molecule has 128 valence electrons. The minimum atomic E-state index is -0.776. The van der Waals surface area contributed by atoms with Crippen molar-refractivity contribution >= 4 is 16.8 Å². The number of carbonyl (C=O) groups excluding carboxylic acids is 1. The molecule has 6 heteroatoms. The first-order valence-corrected chi connectivity index (χ1v) is 8.04. The van der Waals surface area contributed by atoms with Gasteiger partial charge in [-0.25, -0.2) is 8.78 Å². The van der Waals surface area contributed by atoms with Gasteiger partial charge in [0.1, 0.15) is 11.6 Å². The molecule has 1 amide bonds. The van der Waals surface area contributed by atoms with Crippen molar-refractivity contribution in [3.63, 3.8) is 0 Å². The van der Waals surface area contributed by atoms with Crippen molar-refractivity contribution in [2.75, 3.05) is 6.54 Å². The largest absolute Gasteiger partial charge is 0.391 e. The van der Waals surface area contributed by atoms with Crippen molar-refractivity contribution in [1.82, 2.24) is 9.88 Å². The topological polar surface area (TPSA) is 56.3 Å². The second-order valence-electron chi connectivity index (χ2n) is 6.27. The van der Waals surface area contributed by atoms with Gasteiger partial charge in [0.25, 0.3) is 5.91 Å². The number of β-amino-alcohol motifs (C(OH)–C–C–N with tert-alkyl or cyclic N) is 1. The number of benzene rings is 2. The third-order valence-electron chi connectivity index (χ3n) is 4.68. The van der Waals surface area contributed by atoms with Gasteiger partial charge in [0, 0.05) is 34.8 Å². The lowest BCUT2D eigenvalue weighted by Gasteiger charge is -2.25. The van der Waals surface area contributed by atoms with E-state index in [1.165, 1.54) is 4.90 Å². The summed E-state index contributed by atoms with van der Waals surface area (Å²) in [7, 11) is 0. The van der Waals surface area contributed by atoms with E-state index in [0.29, 0.717) is 5.56 Å². The lowest BCUT2D eigenvalue weighted by molar-refractivity contribution is 0.0715. The molecule has 0 aliphatic carbocycles. The number of rotatable bonds is 2. The minimum Gasteiger partial charge on any atom is -0.391 e. The molecule has 4 rings (SSSR count). The van der Waals surface area contributed by atoms with Gasteiger partial charge >= 0.3 is 0 Å². The van der Waals surface area contributed by atoms with Crippen LogP contribution in [0.4, 0.5) is 8.78 Å². The zero-order valence-electron chi connectivity index (χ0n) is 13.2. The maximum absolute atomic E-state index is 14.2. The molecule has 1 aliphatic rings. The molecule has 4 nitrogen and oxygen atoms in total. The number of nitrogens with zero attached hydrogens (tertiary/aromatic N) is 1. The quantitative estimate of drug-likeness (QED) is 0.750. The molecule has 0 spiro atoms. The van der Waals surface area contributed by atoms with Crippen LogP contribution >= 0.6 is 0 Å². The van der Waals surface area contributed by atoms with Gasteiger partial charge in [-0.3, -0.25) is 4.79 Å². The van der Waals surface area contributed by atoms with Crippen LogP contribution in [0.25, 0.3) is 10.9 Å². The van der Waals surface area contributed by atoms with Gasteiger partial charge in [0.15, 0.2) is 0 Å². The van der Waals surface area contributed by atoms with Crippen LogP contribution in [0.1, 0.15) is 28.4 Å². The summed E-state index contributed by atoms with van der Waals surface area (Å²) in [6, 6.07) is 9.59. The van der Waals surface area contributed by atoms with E-state index >= 15 is 0 Å². The monoisotopic (exact) mass is 342 g/mol. The van der Waals surface area contributed by atoms with Gasteiger partial charge < -0.3 is 15.0 Å². The second kappa shape index (κ2) is 5.97. The number of aliphatic hydroxyl groups excluding tert-OH is 1. The van der Waals surface area contributed by atoms with E-state index in [2.05, 4.69) is 4.98 Å². The number of H-pyrrole nitrogens is 1. The molecular weight excluding hydrogens is 326 g/mol. The molecule has 3 aromatic rings. The summed E-state index contributed by atoms with van der Waals surface area (Å²) in [6.45, 7) is 0.0836. The van der Waals surface area contributed by atoms with E-state index in [1.54, 1.807) is 24.4 Å². The highest BCUT2D eigenvalue weighted by Gasteiger charge is 2.37. The summed E-state index contributed by atoms with van der Waals surface area (Å²) in [5.74, 6) is -1.47. The normalized spacial score (nSPS) is 20.4. The number of hydrogen-bond donors (Lipinski definition) is 2. The Morgan fingerprint density at radius 1 is 1.20 bits per heavy atom. The number of hydrogen-bond acceptors (Lipinski definition) is 2. The molecule has 2 heterocycles. The fourth-order valence-corrected chi connectivity index (χ4v) is 3.53. The summed E-state index contributed by atoms with van der Waals surface area (Å²) >= 11 is 0. The molecule has 2 unspecified atom stereocenters. The molecule has 2 atom stereocenters. The van der Waals surface area contributed by atoms with Crippen LogP contribution in [0, 0.1) is 11.6 Å². The Balaban J connectivity index is 1.76. The van der Waals surface area contributed by atoms with Crippen molar-refractivity contribution in [2.24, 2.45) is 0 Å². The highest BCUT2D eigenvalue weighted by atomic mass is 19.1. The lowest BCUT2D eigenvalue weighted by Crippen LogP contribution is -2.32. The summed E-state index contributed by atoms with van der Waals surface area (Å²) in [4.78, 5) is 17.5. The number of aliphatic hydroxyl groups is 1. The van der Waals surface area contributed by atoms with Crippen LogP contribution < -0.4 is 0 Å². The number of aromatic amines is 1. The SMILES string of the molecule is O=C(c1cccc2[nH]ccc12)N1CC(O)CC1c1cc(F)ccc1F. The average Bonchev–Trinajstić information content (AvgIpc) is 3.22. The van der Waals surface area contributed by atoms with Gasteiger partial charge in [0.05, 0.1) is 12.1 Å². The Kier molecular flexibility index (Phi) is 3.77. The van der Waals surface area contributed by atoms with Crippen molar-refractivity contribution in [1.29, 1.82) is 0 Å². The van der Waals surface area contributed by atoms with Gasteiger partial charge in [-0.1, -0.05) is 6.07 Å². The number of likely N-dealkylation sites (tertiary alicyclic amines) is 1. The van der Waals surface area contributed by atoms with Crippen LogP contribution in [0.3, 0.4) is 0 Å². The average molecular weight is 342 g/mol. The zero-order valence-corrected chi connectivity index (χ0v) is 13.2. The van der Waals surface area contributed by atoms with Gasteiger partial charge in [-0.2, -0.15) is 0 Å². The highest BCUT2D eigenvalue weighted by molar-refractivity contribution is 6.06. The summed E-state index contributed by atoms with van der Waals surface area (Å²) in [5.41, 5.74) is 1.37. The van der Waals surface area contributed by atoms with Crippen LogP contribution in [-0.2, 0) is 0 Å². The summed E-state index contributed by atoms with van der Waals surface area (Å²) in [6.07, 6.45) is 1.14. The Labute approximate surface area is 142 Å². The van der Waals surface area contributed by atoms with E-state index in [-0.39, 0.29) is 24.4 Å². The maximum atomic E-state index is 14.2. The van der Waals surface area contributed by atoms with Crippen molar-refractivity contribution in [2.45, 2.75) is 18.6 Å². The van der Waals surface area contributed by atoms with E-state index in [0.717, 1.165) is 29.1 Å². The van der Waals surface area contributed by atoms with Gasteiger partial charge in [-0.05, 0) is 42.8 Å². The lowest BCUT2D eigenvalue weighted by atomic mass is 10.0. The van der Waals surface area contributed by atoms with Crippen molar-refractivity contribution in [3.05, 3.63) is 71.4 Å². The molecule has 2 N–H and O–H groups in total. The first kappa shape index (κ1) is 15.8. The summed E-state index contributed by atoms with van der Waals surface area (Å²) < 4.78 is 27.8. The molecule has 1 aliphatic heterocycles. The van der Waals surface area contributed by atoms with Crippen molar-refractivity contribution < 1.29 is 18.7 Å². The van der Waals surface area contributed by atoms with Crippen LogP contribution in [0.5, 0.6) is 0 Å². The number of halogens is 2. The molecule has 0 radical (unpaired) electrons. The van der Waals surface area contributed by atoms with E-state index in [9.17, 15) is 18.7 Å². The predicted molar refractivity (Wildman–Crippen MR) is 89.1 cm³/mol. The molecule has 0 saturated carbocycles. The standard InChI is InChI=1S/C19H16F2N2O2/c20-11-4-5-16(21)15(8-11)18-9-12(24)10-23(18)19(25)14-2-1-3-17-13(14)6-7-22-17/h1-8,12,18,22,24H,9-10H2. The molecule has 1 aromatic heterocycles. The number of carbonyl (C=O) groups is 1. The smallest absolute Gasteiger partial charge is 0.255 e. The molecule has 0 bridgehead atoms. The van der Waals surface area contributed by atoms with Gasteiger partial charge in [0.2, 0.25) is 0 Å². The van der Waals surface area contributed by atoms with Crippen LogP contribution in [0.2, 0.25) is 0 Å². The van der Waals surface area contributed by atoms with E-state index in [1.807, 2.05) is 6.07 Å². The fraction of sp³-hybridized carbons (Fsp3) is 0.211. The van der Waals surface area contributed by atoms with Gasteiger partial charge in [-0.15, -0.1) is 0 Å². The third-order valence-corrected chi connectivity index (χ3v) is 4.68. The Hall–Kier alpha value is -2.73. The Morgan fingerprint density at radius 2 is 2.04 bits per heavy atom. The maximum Gasteiger partial charge on any atom is 0.255 e. The Bertz CT molecular complexity index is 954. The minimum absolute atomic E-state index is 0.0836. The molecule has 25 heavy (non-hydrogen) atoms. The number of fused-ring (bicyclic) bond motifs is 1. The van der Waals surface area contributed by atoms with E-state index < -0.39 is 23.8 Å². The summed E-state index contributed by atoms with van der Waals surface area (Å²) in [5, 5.41) is 10.8. The first-order chi connectivity index (χ1) is 12.0. The molecule has 1 saturated heterocycles.